The Balaban J connectivity index is 0.00000182. The summed E-state index contributed by atoms with van der Waals surface area (Å²) >= 11 is 0. The number of halogens is 3. The first-order valence-electron chi connectivity index (χ1n) is 8.23. The zero-order valence-electron chi connectivity index (χ0n) is 14.9. The molecule has 0 saturated carbocycles. The summed E-state index contributed by atoms with van der Waals surface area (Å²) in [5, 5.41) is 2.85. The molecule has 1 heterocycles. The molecule has 0 aliphatic heterocycles. The average Bonchev–Trinajstić information content (AvgIpc) is 2.93. The van der Waals surface area contributed by atoms with Crippen molar-refractivity contribution in [2.24, 2.45) is 12.8 Å². The number of aryl methyl sites for hydroxylation is 1. The molecule has 3 rings (SSSR count). The highest BCUT2D eigenvalue weighted by Gasteiger charge is 2.13. The molecule has 27 heavy (non-hydrogen) atoms. The van der Waals surface area contributed by atoms with Gasteiger partial charge in [0.05, 0.1) is 5.52 Å². The van der Waals surface area contributed by atoms with Gasteiger partial charge in [-0.3, -0.25) is 4.79 Å². The van der Waals surface area contributed by atoms with Crippen molar-refractivity contribution in [3.63, 3.8) is 0 Å². The molecule has 0 fully saturated rings. The van der Waals surface area contributed by atoms with Crippen LogP contribution in [-0.4, -0.2) is 22.0 Å². The summed E-state index contributed by atoms with van der Waals surface area (Å²) in [6.45, 7) is 0.430. The van der Waals surface area contributed by atoms with Crippen molar-refractivity contribution < 1.29 is 9.18 Å². The Hall–Kier alpha value is -2.15. The Morgan fingerprint density at radius 3 is 2.56 bits per heavy atom. The first-order valence-corrected chi connectivity index (χ1v) is 8.23. The molecular formula is C19H23Cl2FN4O. The van der Waals surface area contributed by atoms with Gasteiger partial charge >= 0.3 is 0 Å². The zero-order chi connectivity index (χ0) is 17.8. The highest BCUT2D eigenvalue weighted by molar-refractivity contribution is 5.85. The normalized spacial score (nSPS) is 11.4. The van der Waals surface area contributed by atoms with Gasteiger partial charge in [-0.1, -0.05) is 36.4 Å². The molecule has 0 aliphatic rings. The van der Waals surface area contributed by atoms with Gasteiger partial charge < -0.3 is 15.6 Å². The molecule has 0 spiro atoms. The van der Waals surface area contributed by atoms with Crippen LogP contribution in [0.15, 0.2) is 48.5 Å². The summed E-state index contributed by atoms with van der Waals surface area (Å²) in [5.74, 6) is 0.284. The van der Waals surface area contributed by atoms with E-state index in [0.717, 1.165) is 16.9 Å². The van der Waals surface area contributed by atoms with Gasteiger partial charge in [0.25, 0.3) is 0 Å². The van der Waals surface area contributed by atoms with E-state index in [0.29, 0.717) is 18.5 Å². The highest BCUT2D eigenvalue weighted by atomic mass is 35.5. The van der Waals surface area contributed by atoms with Crippen LogP contribution >= 0.6 is 24.8 Å². The molecule has 1 aromatic heterocycles. The number of nitrogens with zero attached hydrogens (tertiary/aromatic N) is 2. The van der Waals surface area contributed by atoms with Crippen LogP contribution in [0, 0.1) is 5.82 Å². The van der Waals surface area contributed by atoms with Gasteiger partial charge in [-0.2, -0.15) is 0 Å². The number of rotatable bonds is 6. The van der Waals surface area contributed by atoms with Gasteiger partial charge in [-0.15, -0.1) is 24.8 Å². The summed E-state index contributed by atoms with van der Waals surface area (Å²) in [5.41, 5.74) is 8.09. The second-order valence-electron chi connectivity index (χ2n) is 6.02. The molecule has 5 nitrogen and oxygen atoms in total. The number of benzene rings is 2. The number of nitrogens with one attached hydrogen (secondary N) is 1. The topological polar surface area (TPSA) is 72.9 Å². The number of hydrogen-bond donors (Lipinski definition) is 2. The van der Waals surface area contributed by atoms with Gasteiger partial charge in [0.2, 0.25) is 5.91 Å². The van der Waals surface area contributed by atoms with Gasteiger partial charge in [0, 0.05) is 32.5 Å². The number of fused-ring (bicyclic) bond motifs is 1. The molecule has 0 bridgehead atoms. The van der Waals surface area contributed by atoms with Crippen LogP contribution in [0.25, 0.3) is 11.0 Å². The number of para-hydroxylation sites is 1. The number of carbonyl (C=O) groups is 1. The molecule has 1 amide bonds. The molecule has 1 atom stereocenters. The Morgan fingerprint density at radius 1 is 1.19 bits per heavy atom. The largest absolute Gasteiger partial charge is 0.356 e. The van der Waals surface area contributed by atoms with E-state index in [1.165, 1.54) is 6.07 Å². The Morgan fingerprint density at radius 2 is 1.89 bits per heavy atom. The summed E-state index contributed by atoms with van der Waals surface area (Å²) in [6, 6.07) is 14.1. The van der Waals surface area contributed by atoms with Gasteiger partial charge in [-0.05, 0) is 17.7 Å². The molecule has 0 aliphatic carbocycles. The second-order valence-corrected chi connectivity index (χ2v) is 6.02. The quantitative estimate of drug-likeness (QED) is 0.651. The van der Waals surface area contributed by atoms with Crippen LogP contribution in [0.4, 0.5) is 4.39 Å². The summed E-state index contributed by atoms with van der Waals surface area (Å²) in [6.07, 6.45) is 0.748. The minimum Gasteiger partial charge on any atom is -0.356 e. The maximum Gasteiger partial charge on any atom is 0.221 e. The Kier molecular flexibility index (Phi) is 8.69. The Bertz CT molecular complexity index is 886. The molecule has 3 aromatic rings. The molecule has 146 valence electrons. The first kappa shape index (κ1) is 22.9. The van der Waals surface area contributed by atoms with E-state index in [2.05, 4.69) is 10.3 Å². The molecular weight excluding hydrogens is 390 g/mol. The fraction of sp³-hybridized carbons (Fsp3) is 0.263. The molecule has 0 saturated heterocycles. The number of aromatic nitrogens is 2. The van der Waals surface area contributed by atoms with Gasteiger partial charge in [0.15, 0.2) is 5.82 Å². The van der Waals surface area contributed by atoms with E-state index in [9.17, 15) is 9.18 Å². The smallest absolute Gasteiger partial charge is 0.221 e. The summed E-state index contributed by atoms with van der Waals surface area (Å²) in [4.78, 5) is 16.4. The third-order valence-electron chi connectivity index (χ3n) is 4.26. The van der Waals surface area contributed by atoms with Crippen molar-refractivity contribution >= 4 is 41.8 Å². The minimum absolute atomic E-state index is 0. The number of amides is 1. The third kappa shape index (κ3) is 5.42. The van der Waals surface area contributed by atoms with Crippen molar-refractivity contribution in [3.05, 3.63) is 65.7 Å². The predicted octanol–water partition coefficient (Wildman–Crippen LogP) is 3.30. The maximum atomic E-state index is 13.8. The van der Waals surface area contributed by atoms with Crippen molar-refractivity contribution in [2.45, 2.75) is 18.9 Å². The lowest BCUT2D eigenvalue weighted by molar-refractivity contribution is -0.121. The SMILES string of the molecule is Cl.Cl.Cn1c(CCNC(=O)CC(N)c2ccccc2)nc2c(F)cccc21. The second kappa shape index (κ2) is 10.3. The van der Waals surface area contributed by atoms with Crippen LogP contribution in [0.3, 0.4) is 0 Å². The predicted molar refractivity (Wildman–Crippen MR) is 110 cm³/mol. The lowest BCUT2D eigenvalue weighted by Crippen LogP contribution is -2.29. The van der Waals surface area contributed by atoms with Crippen LogP contribution in [0.1, 0.15) is 23.9 Å². The summed E-state index contributed by atoms with van der Waals surface area (Å²) in [7, 11) is 1.84. The highest BCUT2D eigenvalue weighted by Crippen LogP contribution is 2.18. The van der Waals surface area contributed by atoms with Crippen molar-refractivity contribution in [1.29, 1.82) is 0 Å². The van der Waals surface area contributed by atoms with Crippen molar-refractivity contribution in [3.8, 4) is 0 Å². The van der Waals surface area contributed by atoms with Crippen LogP contribution in [0.2, 0.25) is 0 Å². The maximum absolute atomic E-state index is 13.8. The van der Waals surface area contributed by atoms with E-state index in [1.807, 2.05) is 48.0 Å². The van der Waals surface area contributed by atoms with Crippen molar-refractivity contribution in [2.75, 3.05) is 6.54 Å². The monoisotopic (exact) mass is 412 g/mol. The van der Waals surface area contributed by atoms with Gasteiger partial charge in [0.1, 0.15) is 11.3 Å². The fourth-order valence-corrected chi connectivity index (χ4v) is 2.86. The third-order valence-corrected chi connectivity index (χ3v) is 4.26. The molecule has 3 N–H and O–H groups in total. The summed E-state index contributed by atoms with van der Waals surface area (Å²) < 4.78 is 15.6. The van der Waals surface area contributed by atoms with E-state index in [4.69, 9.17) is 5.73 Å². The standard InChI is InChI=1S/C19H21FN4O.2ClH/c1-24-16-9-5-8-14(20)19(16)23-17(24)10-11-22-18(25)12-15(21)13-6-3-2-4-7-13;;/h2-9,15H,10-12,21H2,1H3,(H,22,25);2*1H. The van der Waals surface area contributed by atoms with E-state index in [1.54, 1.807) is 6.07 Å². The minimum atomic E-state index is -0.336. The molecule has 0 radical (unpaired) electrons. The van der Waals surface area contributed by atoms with E-state index in [-0.39, 0.29) is 49.0 Å². The number of carbonyl (C=O) groups excluding carboxylic acids is 1. The Labute approximate surface area is 170 Å². The number of hydrogen-bond acceptors (Lipinski definition) is 3. The molecule has 2 aromatic carbocycles. The van der Waals surface area contributed by atoms with Crippen LogP contribution in [0.5, 0.6) is 0 Å². The first-order chi connectivity index (χ1) is 12.1. The zero-order valence-corrected chi connectivity index (χ0v) is 16.5. The lowest BCUT2D eigenvalue weighted by atomic mass is 10.0. The fourth-order valence-electron chi connectivity index (χ4n) is 2.86. The van der Waals surface area contributed by atoms with Gasteiger partial charge in [-0.25, -0.2) is 9.37 Å². The molecule has 1 unspecified atom stereocenters. The lowest BCUT2D eigenvalue weighted by Gasteiger charge is -2.12. The van der Waals surface area contributed by atoms with E-state index < -0.39 is 0 Å². The van der Waals surface area contributed by atoms with Crippen LogP contribution < -0.4 is 11.1 Å². The van der Waals surface area contributed by atoms with E-state index >= 15 is 0 Å². The van der Waals surface area contributed by atoms with Crippen LogP contribution in [-0.2, 0) is 18.3 Å². The molecule has 8 heteroatoms. The average molecular weight is 413 g/mol. The number of imidazole rings is 1. The van der Waals surface area contributed by atoms with Crippen molar-refractivity contribution in [1.82, 2.24) is 14.9 Å². The number of nitrogens with two attached hydrogens (primary N) is 1.